The molecular weight excluding hydrogens is 282 g/mol. The summed E-state index contributed by atoms with van der Waals surface area (Å²) in [6.07, 6.45) is 2.82. The first-order valence-corrected chi connectivity index (χ1v) is 6.36. The fourth-order valence-electron chi connectivity index (χ4n) is 1.79. The maximum Gasteiger partial charge on any atom is 0.177 e. The molecule has 0 aliphatic rings. The van der Waals surface area contributed by atoms with Crippen LogP contribution in [0, 0.1) is 6.92 Å². The van der Waals surface area contributed by atoms with Gasteiger partial charge in [-0.2, -0.15) is 5.10 Å². The summed E-state index contributed by atoms with van der Waals surface area (Å²) >= 11 is 3.38. The van der Waals surface area contributed by atoms with Crippen molar-refractivity contribution in [1.29, 1.82) is 0 Å². The molecule has 2 N–H and O–H groups in total. The molecule has 0 amide bonds. The minimum atomic E-state index is 0.715. The lowest BCUT2D eigenvalue weighted by Gasteiger charge is -2.06. The highest BCUT2D eigenvalue weighted by Crippen LogP contribution is 2.17. The standard InChI is InChI=1S/C11H16BrN5/c1-4-9-7(2)15-16-10(9)13-5-8-6-14-11(12)17(8)3/h6H,4-5H2,1-3H3,(H2,13,15,16). The zero-order chi connectivity index (χ0) is 12.4. The van der Waals surface area contributed by atoms with Crippen molar-refractivity contribution >= 4 is 21.7 Å². The molecule has 5 nitrogen and oxygen atoms in total. The predicted molar refractivity (Wildman–Crippen MR) is 70.9 cm³/mol. The van der Waals surface area contributed by atoms with Gasteiger partial charge in [0.1, 0.15) is 0 Å². The molecule has 0 aliphatic heterocycles. The Kier molecular flexibility index (Phi) is 3.51. The Morgan fingerprint density at radius 1 is 1.53 bits per heavy atom. The minimum Gasteiger partial charge on any atom is -0.363 e. The first-order chi connectivity index (χ1) is 8.13. The van der Waals surface area contributed by atoms with Gasteiger partial charge in [-0.25, -0.2) is 4.98 Å². The van der Waals surface area contributed by atoms with Crippen molar-refractivity contribution in [2.45, 2.75) is 26.8 Å². The number of anilines is 1. The van der Waals surface area contributed by atoms with Gasteiger partial charge in [0, 0.05) is 18.3 Å². The third-order valence-electron chi connectivity index (χ3n) is 2.89. The van der Waals surface area contributed by atoms with Gasteiger partial charge in [-0.15, -0.1) is 0 Å². The van der Waals surface area contributed by atoms with Gasteiger partial charge >= 0.3 is 0 Å². The second-order valence-corrected chi connectivity index (χ2v) is 4.67. The Labute approximate surface area is 109 Å². The van der Waals surface area contributed by atoms with Crippen LogP contribution in [0.15, 0.2) is 10.9 Å². The highest BCUT2D eigenvalue weighted by Gasteiger charge is 2.09. The molecule has 0 spiro atoms. The molecule has 0 fully saturated rings. The zero-order valence-corrected chi connectivity index (χ0v) is 11.8. The van der Waals surface area contributed by atoms with Crippen molar-refractivity contribution in [2.24, 2.45) is 7.05 Å². The van der Waals surface area contributed by atoms with Gasteiger partial charge in [0.05, 0.1) is 18.4 Å². The van der Waals surface area contributed by atoms with E-state index in [1.165, 1.54) is 5.56 Å². The van der Waals surface area contributed by atoms with E-state index in [1.54, 1.807) is 0 Å². The van der Waals surface area contributed by atoms with E-state index in [9.17, 15) is 0 Å². The third kappa shape index (κ3) is 2.36. The van der Waals surface area contributed by atoms with Crippen molar-refractivity contribution in [3.63, 3.8) is 0 Å². The molecule has 92 valence electrons. The van der Waals surface area contributed by atoms with E-state index in [0.717, 1.165) is 28.4 Å². The smallest absolute Gasteiger partial charge is 0.177 e. The molecule has 2 heterocycles. The lowest BCUT2D eigenvalue weighted by atomic mass is 10.2. The van der Waals surface area contributed by atoms with Crippen LogP contribution in [-0.2, 0) is 20.0 Å². The van der Waals surface area contributed by atoms with E-state index >= 15 is 0 Å². The average molecular weight is 298 g/mol. The van der Waals surface area contributed by atoms with Crippen LogP contribution < -0.4 is 5.32 Å². The van der Waals surface area contributed by atoms with Crippen LogP contribution in [0.4, 0.5) is 5.82 Å². The van der Waals surface area contributed by atoms with Gasteiger partial charge in [-0.05, 0) is 29.3 Å². The van der Waals surface area contributed by atoms with Gasteiger partial charge in [0.25, 0.3) is 0 Å². The number of nitrogens with zero attached hydrogens (tertiary/aromatic N) is 3. The molecule has 0 atom stereocenters. The number of H-pyrrole nitrogens is 1. The average Bonchev–Trinajstić information content (AvgIpc) is 2.82. The van der Waals surface area contributed by atoms with Crippen molar-refractivity contribution < 1.29 is 0 Å². The van der Waals surface area contributed by atoms with Crippen LogP contribution in [0.2, 0.25) is 0 Å². The Morgan fingerprint density at radius 3 is 2.88 bits per heavy atom. The highest BCUT2D eigenvalue weighted by atomic mass is 79.9. The Balaban J connectivity index is 2.10. The lowest BCUT2D eigenvalue weighted by Crippen LogP contribution is -2.06. The Hall–Kier alpha value is -1.30. The SMILES string of the molecule is CCc1c(NCc2cnc(Br)n2C)n[nH]c1C. The van der Waals surface area contributed by atoms with Gasteiger partial charge < -0.3 is 9.88 Å². The molecule has 0 aliphatic carbocycles. The molecular formula is C11H16BrN5. The van der Waals surface area contributed by atoms with E-state index < -0.39 is 0 Å². The van der Waals surface area contributed by atoms with Crippen LogP contribution in [0.3, 0.4) is 0 Å². The molecule has 0 radical (unpaired) electrons. The number of hydrogen-bond donors (Lipinski definition) is 2. The first kappa shape index (κ1) is 12.2. The molecule has 0 aromatic carbocycles. The molecule has 6 heteroatoms. The number of aryl methyl sites for hydroxylation is 1. The normalized spacial score (nSPS) is 10.8. The quantitative estimate of drug-likeness (QED) is 0.911. The number of imidazole rings is 1. The van der Waals surface area contributed by atoms with Crippen molar-refractivity contribution in [2.75, 3.05) is 5.32 Å². The van der Waals surface area contributed by atoms with E-state index in [2.05, 4.69) is 43.4 Å². The molecule has 2 aromatic rings. The van der Waals surface area contributed by atoms with E-state index in [1.807, 2.05) is 24.7 Å². The summed E-state index contributed by atoms with van der Waals surface area (Å²) in [7, 11) is 1.98. The van der Waals surface area contributed by atoms with Crippen LogP contribution >= 0.6 is 15.9 Å². The summed E-state index contributed by atoms with van der Waals surface area (Å²) in [5, 5.41) is 10.6. The maximum absolute atomic E-state index is 4.26. The first-order valence-electron chi connectivity index (χ1n) is 5.57. The molecule has 2 rings (SSSR count). The number of nitrogens with one attached hydrogen (secondary N) is 2. The van der Waals surface area contributed by atoms with E-state index in [-0.39, 0.29) is 0 Å². The minimum absolute atomic E-state index is 0.715. The Bertz CT molecular complexity index is 514. The van der Waals surface area contributed by atoms with Gasteiger partial charge in [0.2, 0.25) is 0 Å². The van der Waals surface area contributed by atoms with Crippen molar-refractivity contribution in [1.82, 2.24) is 19.7 Å². The number of aromatic nitrogens is 4. The van der Waals surface area contributed by atoms with Crippen LogP contribution in [0.25, 0.3) is 0 Å². The molecule has 0 bridgehead atoms. The van der Waals surface area contributed by atoms with E-state index in [0.29, 0.717) is 6.54 Å². The number of hydrogen-bond acceptors (Lipinski definition) is 3. The fourth-order valence-corrected chi connectivity index (χ4v) is 2.12. The topological polar surface area (TPSA) is 58.5 Å². The summed E-state index contributed by atoms with van der Waals surface area (Å²) in [6, 6.07) is 0. The third-order valence-corrected chi connectivity index (χ3v) is 3.63. The highest BCUT2D eigenvalue weighted by molar-refractivity contribution is 9.10. The van der Waals surface area contributed by atoms with Gasteiger partial charge in [-0.3, -0.25) is 5.10 Å². The number of rotatable bonds is 4. The second kappa shape index (κ2) is 4.91. The molecule has 0 saturated heterocycles. The predicted octanol–water partition coefficient (Wildman–Crippen LogP) is 2.39. The summed E-state index contributed by atoms with van der Waals surface area (Å²) in [4.78, 5) is 4.19. The monoisotopic (exact) mass is 297 g/mol. The molecule has 0 unspecified atom stereocenters. The van der Waals surface area contributed by atoms with Gasteiger partial charge in [0.15, 0.2) is 10.6 Å². The summed E-state index contributed by atoms with van der Waals surface area (Å²) < 4.78 is 2.83. The van der Waals surface area contributed by atoms with Crippen LogP contribution in [-0.4, -0.2) is 19.7 Å². The van der Waals surface area contributed by atoms with Crippen molar-refractivity contribution in [3.8, 4) is 0 Å². The number of halogens is 1. The van der Waals surface area contributed by atoms with Crippen LogP contribution in [0.1, 0.15) is 23.9 Å². The van der Waals surface area contributed by atoms with Gasteiger partial charge in [-0.1, -0.05) is 6.92 Å². The fraction of sp³-hybridized carbons (Fsp3) is 0.455. The zero-order valence-electron chi connectivity index (χ0n) is 10.2. The lowest BCUT2D eigenvalue weighted by molar-refractivity contribution is 0.812. The second-order valence-electron chi connectivity index (χ2n) is 3.96. The van der Waals surface area contributed by atoms with E-state index in [4.69, 9.17) is 0 Å². The maximum atomic E-state index is 4.26. The Morgan fingerprint density at radius 2 is 2.29 bits per heavy atom. The summed E-state index contributed by atoms with van der Waals surface area (Å²) in [6.45, 7) is 4.88. The number of aromatic amines is 1. The van der Waals surface area contributed by atoms with Crippen LogP contribution in [0.5, 0.6) is 0 Å². The largest absolute Gasteiger partial charge is 0.363 e. The molecule has 17 heavy (non-hydrogen) atoms. The summed E-state index contributed by atoms with van der Waals surface area (Å²) in [5.74, 6) is 0.933. The summed E-state index contributed by atoms with van der Waals surface area (Å²) in [5.41, 5.74) is 3.48. The molecule has 2 aromatic heterocycles. The molecule has 0 saturated carbocycles. The van der Waals surface area contributed by atoms with Crippen molar-refractivity contribution in [3.05, 3.63) is 27.9 Å².